The highest BCUT2D eigenvalue weighted by Gasteiger charge is 2.15. The van der Waals surface area contributed by atoms with Gasteiger partial charge in [-0.3, -0.25) is 4.79 Å². The van der Waals surface area contributed by atoms with E-state index in [0.29, 0.717) is 18.7 Å². The van der Waals surface area contributed by atoms with Crippen molar-refractivity contribution in [3.63, 3.8) is 0 Å². The van der Waals surface area contributed by atoms with Crippen molar-refractivity contribution in [1.82, 2.24) is 9.88 Å². The lowest BCUT2D eigenvalue weighted by Crippen LogP contribution is -2.29. The highest BCUT2D eigenvalue weighted by atomic mass is 16.1. The molecule has 4 nitrogen and oxygen atoms in total. The number of nitrogens with two attached hydrogens (primary N) is 1. The van der Waals surface area contributed by atoms with Gasteiger partial charge in [0.05, 0.1) is 5.56 Å². The molecule has 0 atom stereocenters. The summed E-state index contributed by atoms with van der Waals surface area (Å²) >= 11 is 0. The van der Waals surface area contributed by atoms with Crippen LogP contribution in [0.15, 0.2) is 36.4 Å². The van der Waals surface area contributed by atoms with Gasteiger partial charge in [0, 0.05) is 30.2 Å². The zero-order valence-corrected chi connectivity index (χ0v) is 11.3. The molecule has 4 heteroatoms. The van der Waals surface area contributed by atoms with Crippen LogP contribution in [0.2, 0.25) is 0 Å². The second-order valence-electron chi connectivity index (χ2n) is 4.50. The van der Waals surface area contributed by atoms with Crippen LogP contribution in [0.1, 0.15) is 21.7 Å². The summed E-state index contributed by atoms with van der Waals surface area (Å²) in [4.78, 5) is 12.0. The summed E-state index contributed by atoms with van der Waals surface area (Å²) in [6, 6.07) is 11.9. The molecule has 0 saturated heterocycles. The molecule has 0 fully saturated rings. The Morgan fingerprint density at radius 3 is 2.58 bits per heavy atom. The quantitative estimate of drug-likeness (QED) is 0.877. The first kappa shape index (κ1) is 13.4. The number of nitrogens with zero attached hydrogens (tertiary/aromatic N) is 1. The molecule has 0 bridgehead atoms. The Bertz CT molecular complexity index is 573. The molecule has 1 amide bonds. The molecular formula is C15H19N3O. The minimum Gasteiger partial charge on any atom is -0.351 e. The number of hydrogen-bond acceptors (Lipinski definition) is 2. The molecule has 0 aliphatic heterocycles. The van der Waals surface area contributed by atoms with E-state index >= 15 is 0 Å². The van der Waals surface area contributed by atoms with E-state index in [2.05, 4.69) is 9.88 Å². The standard InChI is InChI=1S/C15H19N3O/c1-11-10-14(15(19)17-9-8-16)12(2)18(11)13-6-4-3-5-7-13/h3-7,10H,8-9,16H2,1-2H3,(H,17,19). The first-order valence-electron chi connectivity index (χ1n) is 6.37. The van der Waals surface area contributed by atoms with Crippen molar-refractivity contribution in [2.24, 2.45) is 5.73 Å². The summed E-state index contributed by atoms with van der Waals surface area (Å²) in [6.45, 7) is 4.90. The number of rotatable bonds is 4. The molecule has 19 heavy (non-hydrogen) atoms. The topological polar surface area (TPSA) is 60.1 Å². The number of carbonyl (C=O) groups is 1. The van der Waals surface area contributed by atoms with Crippen molar-refractivity contribution in [2.75, 3.05) is 13.1 Å². The number of carbonyl (C=O) groups excluding carboxylic acids is 1. The monoisotopic (exact) mass is 257 g/mol. The van der Waals surface area contributed by atoms with E-state index in [4.69, 9.17) is 5.73 Å². The van der Waals surface area contributed by atoms with Crippen molar-refractivity contribution in [3.8, 4) is 5.69 Å². The SMILES string of the molecule is Cc1cc(C(=O)NCCN)c(C)n1-c1ccccc1. The summed E-state index contributed by atoms with van der Waals surface area (Å²) < 4.78 is 2.08. The highest BCUT2D eigenvalue weighted by Crippen LogP contribution is 2.20. The first-order chi connectivity index (χ1) is 9.15. The Balaban J connectivity index is 2.38. The fraction of sp³-hybridized carbons (Fsp3) is 0.267. The van der Waals surface area contributed by atoms with Gasteiger partial charge in [0.25, 0.3) is 5.91 Å². The van der Waals surface area contributed by atoms with E-state index in [0.717, 1.165) is 17.1 Å². The summed E-state index contributed by atoms with van der Waals surface area (Å²) in [6.07, 6.45) is 0. The Kier molecular flexibility index (Phi) is 4.02. The molecule has 100 valence electrons. The maximum Gasteiger partial charge on any atom is 0.253 e. The van der Waals surface area contributed by atoms with Gasteiger partial charge in [-0.25, -0.2) is 0 Å². The van der Waals surface area contributed by atoms with Gasteiger partial charge in [-0.15, -0.1) is 0 Å². The van der Waals surface area contributed by atoms with Crippen LogP contribution in [-0.4, -0.2) is 23.6 Å². The van der Waals surface area contributed by atoms with Crippen molar-refractivity contribution in [2.45, 2.75) is 13.8 Å². The summed E-state index contributed by atoms with van der Waals surface area (Å²) in [7, 11) is 0. The van der Waals surface area contributed by atoms with Gasteiger partial charge in [-0.1, -0.05) is 18.2 Å². The van der Waals surface area contributed by atoms with Crippen molar-refractivity contribution >= 4 is 5.91 Å². The average Bonchev–Trinajstić information content (AvgIpc) is 2.72. The molecule has 0 aliphatic carbocycles. The molecule has 0 spiro atoms. The van der Waals surface area contributed by atoms with Crippen LogP contribution in [0.25, 0.3) is 5.69 Å². The van der Waals surface area contributed by atoms with Gasteiger partial charge < -0.3 is 15.6 Å². The second-order valence-corrected chi connectivity index (χ2v) is 4.50. The third kappa shape index (κ3) is 2.69. The third-order valence-electron chi connectivity index (χ3n) is 3.12. The van der Waals surface area contributed by atoms with Gasteiger partial charge >= 0.3 is 0 Å². The van der Waals surface area contributed by atoms with Crippen LogP contribution in [0.5, 0.6) is 0 Å². The maximum absolute atomic E-state index is 12.0. The highest BCUT2D eigenvalue weighted by molar-refractivity contribution is 5.95. The smallest absolute Gasteiger partial charge is 0.253 e. The van der Waals surface area contributed by atoms with Crippen LogP contribution in [0.4, 0.5) is 0 Å². The molecule has 1 heterocycles. The number of para-hydroxylation sites is 1. The summed E-state index contributed by atoms with van der Waals surface area (Å²) in [5.74, 6) is -0.0688. The Hall–Kier alpha value is -2.07. The largest absolute Gasteiger partial charge is 0.351 e. The van der Waals surface area contributed by atoms with Crippen LogP contribution < -0.4 is 11.1 Å². The molecule has 0 saturated carbocycles. The molecular weight excluding hydrogens is 238 g/mol. The van der Waals surface area contributed by atoms with E-state index in [1.807, 2.05) is 50.2 Å². The number of benzene rings is 1. The van der Waals surface area contributed by atoms with Gasteiger partial charge in [-0.2, -0.15) is 0 Å². The Labute approximate surface area is 113 Å². The molecule has 1 aromatic heterocycles. The lowest BCUT2D eigenvalue weighted by molar-refractivity contribution is 0.0954. The van der Waals surface area contributed by atoms with Gasteiger partial charge in [0.1, 0.15) is 0 Å². The lowest BCUT2D eigenvalue weighted by Gasteiger charge is -2.09. The Morgan fingerprint density at radius 2 is 1.95 bits per heavy atom. The van der Waals surface area contributed by atoms with E-state index in [1.165, 1.54) is 0 Å². The van der Waals surface area contributed by atoms with E-state index in [-0.39, 0.29) is 5.91 Å². The number of hydrogen-bond donors (Lipinski definition) is 2. The molecule has 0 radical (unpaired) electrons. The summed E-state index contributed by atoms with van der Waals surface area (Å²) in [5.41, 5.74) is 9.15. The summed E-state index contributed by atoms with van der Waals surface area (Å²) in [5, 5.41) is 2.80. The van der Waals surface area contributed by atoms with Crippen molar-refractivity contribution in [1.29, 1.82) is 0 Å². The molecule has 1 aromatic carbocycles. The van der Waals surface area contributed by atoms with Gasteiger partial charge in [0.15, 0.2) is 0 Å². The Morgan fingerprint density at radius 1 is 1.26 bits per heavy atom. The van der Waals surface area contributed by atoms with Crippen molar-refractivity contribution in [3.05, 3.63) is 53.3 Å². The lowest BCUT2D eigenvalue weighted by atomic mass is 10.2. The van der Waals surface area contributed by atoms with Crippen LogP contribution in [0.3, 0.4) is 0 Å². The number of nitrogens with one attached hydrogen (secondary N) is 1. The molecule has 2 rings (SSSR count). The molecule has 3 N–H and O–H groups in total. The number of amides is 1. The zero-order chi connectivity index (χ0) is 13.8. The van der Waals surface area contributed by atoms with Crippen LogP contribution in [0, 0.1) is 13.8 Å². The minimum atomic E-state index is -0.0688. The third-order valence-corrected chi connectivity index (χ3v) is 3.12. The van der Waals surface area contributed by atoms with Crippen LogP contribution in [-0.2, 0) is 0 Å². The molecule has 0 unspecified atom stereocenters. The molecule has 2 aromatic rings. The molecule has 0 aliphatic rings. The predicted molar refractivity (Wildman–Crippen MR) is 76.6 cm³/mol. The maximum atomic E-state index is 12.0. The number of aryl methyl sites for hydroxylation is 1. The van der Waals surface area contributed by atoms with Crippen molar-refractivity contribution < 1.29 is 4.79 Å². The van der Waals surface area contributed by atoms with Gasteiger partial charge in [0.2, 0.25) is 0 Å². The fourth-order valence-corrected chi connectivity index (χ4v) is 2.25. The first-order valence-corrected chi connectivity index (χ1v) is 6.37. The van der Waals surface area contributed by atoms with E-state index in [1.54, 1.807) is 0 Å². The van der Waals surface area contributed by atoms with Gasteiger partial charge in [-0.05, 0) is 32.0 Å². The minimum absolute atomic E-state index is 0.0688. The second kappa shape index (κ2) is 5.71. The van der Waals surface area contributed by atoms with E-state index in [9.17, 15) is 4.79 Å². The normalized spacial score (nSPS) is 10.5. The average molecular weight is 257 g/mol. The number of aromatic nitrogens is 1. The zero-order valence-electron chi connectivity index (χ0n) is 11.3. The van der Waals surface area contributed by atoms with E-state index < -0.39 is 0 Å². The predicted octanol–water partition coefficient (Wildman–Crippen LogP) is 1.78. The van der Waals surface area contributed by atoms with Crippen LogP contribution >= 0.6 is 0 Å². The fourth-order valence-electron chi connectivity index (χ4n) is 2.25.